The van der Waals surface area contributed by atoms with Gasteiger partial charge in [-0.25, -0.2) is 9.97 Å². The van der Waals surface area contributed by atoms with E-state index in [1.807, 2.05) is 12.1 Å². The van der Waals surface area contributed by atoms with Crippen molar-refractivity contribution in [3.8, 4) is 67.3 Å². The Labute approximate surface area is 264 Å². The highest BCUT2D eigenvalue weighted by molar-refractivity contribution is 5.89. The molecule has 0 saturated carbocycles. The van der Waals surface area contributed by atoms with Crippen molar-refractivity contribution in [1.29, 1.82) is 0 Å². The van der Waals surface area contributed by atoms with Gasteiger partial charge in [-0.05, 0) is 62.7 Å². The fourth-order valence-corrected chi connectivity index (χ4v) is 6.77. The number of rotatable bonds is 5. The van der Waals surface area contributed by atoms with Crippen molar-refractivity contribution in [2.75, 3.05) is 0 Å². The zero-order valence-electron chi connectivity index (χ0n) is 25.4. The van der Waals surface area contributed by atoms with Crippen LogP contribution in [0, 0.1) is 0 Å². The largest absolute Gasteiger partial charge is 0.228 e. The van der Waals surface area contributed by atoms with E-state index in [4.69, 9.17) is 9.97 Å². The summed E-state index contributed by atoms with van der Waals surface area (Å²) < 4.78 is 0. The highest BCUT2D eigenvalue weighted by Gasteiger charge is 2.35. The van der Waals surface area contributed by atoms with E-state index in [0.29, 0.717) is 5.82 Å². The van der Waals surface area contributed by atoms with E-state index >= 15 is 0 Å². The second kappa shape index (κ2) is 10.8. The van der Waals surface area contributed by atoms with Crippen molar-refractivity contribution >= 4 is 0 Å². The van der Waals surface area contributed by atoms with Gasteiger partial charge >= 0.3 is 0 Å². The van der Waals surface area contributed by atoms with Gasteiger partial charge in [0.05, 0.1) is 11.4 Å². The number of fused-ring (bicyclic) bond motifs is 3. The van der Waals surface area contributed by atoms with Crippen LogP contribution in [0.15, 0.2) is 158 Å². The monoisotopic (exact) mass is 576 g/mol. The summed E-state index contributed by atoms with van der Waals surface area (Å²) in [4.78, 5) is 10.2. The van der Waals surface area contributed by atoms with E-state index in [-0.39, 0.29) is 5.41 Å². The molecule has 0 aliphatic heterocycles. The highest BCUT2D eigenvalue weighted by Crippen LogP contribution is 2.50. The lowest BCUT2D eigenvalue weighted by atomic mass is 9.81. The predicted octanol–water partition coefficient (Wildman–Crippen LogP) is 11.1. The number of nitrogens with zero attached hydrogens (tertiary/aromatic N) is 2. The summed E-state index contributed by atoms with van der Waals surface area (Å²) in [5.41, 5.74) is 15.1. The molecule has 0 bridgehead atoms. The fourth-order valence-electron chi connectivity index (χ4n) is 6.77. The van der Waals surface area contributed by atoms with Gasteiger partial charge in [0.15, 0.2) is 5.82 Å². The molecule has 0 N–H and O–H groups in total. The van der Waals surface area contributed by atoms with Gasteiger partial charge in [0.25, 0.3) is 0 Å². The molecule has 2 heteroatoms. The Hall–Kier alpha value is -5.60. The Kier molecular flexibility index (Phi) is 6.50. The Morgan fingerprint density at radius 2 is 0.844 bits per heavy atom. The number of aromatic nitrogens is 2. The van der Waals surface area contributed by atoms with Gasteiger partial charge in [-0.1, -0.05) is 153 Å². The molecule has 1 aliphatic rings. The Bertz CT molecular complexity index is 2120. The lowest BCUT2D eigenvalue weighted by Crippen LogP contribution is -2.14. The Morgan fingerprint density at radius 1 is 0.356 bits per heavy atom. The molecule has 1 aromatic heterocycles. The zero-order valence-corrected chi connectivity index (χ0v) is 25.4. The summed E-state index contributed by atoms with van der Waals surface area (Å²) in [5.74, 6) is 0.714. The molecule has 1 heterocycles. The maximum absolute atomic E-state index is 5.08. The summed E-state index contributed by atoms with van der Waals surface area (Å²) in [6.07, 6.45) is 0. The van der Waals surface area contributed by atoms with E-state index in [2.05, 4.69) is 159 Å². The first kappa shape index (κ1) is 27.0. The quantitative estimate of drug-likeness (QED) is 0.204. The average Bonchev–Trinajstić information content (AvgIpc) is 3.34. The van der Waals surface area contributed by atoms with Crippen molar-refractivity contribution in [3.05, 3.63) is 169 Å². The first-order valence-electron chi connectivity index (χ1n) is 15.5. The van der Waals surface area contributed by atoms with Gasteiger partial charge < -0.3 is 0 Å². The zero-order chi connectivity index (χ0) is 30.4. The van der Waals surface area contributed by atoms with Crippen molar-refractivity contribution in [3.63, 3.8) is 0 Å². The van der Waals surface area contributed by atoms with Crippen molar-refractivity contribution in [2.24, 2.45) is 0 Å². The molecule has 45 heavy (non-hydrogen) atoms. The molecular weight excluding hydrogens is 544 g/mol. The molecule has 6 aromatic carbocycles. The van der Waals surface area contributed by atoms with Crippen LogP contribution in [-0.2, 0) is 5.41 Å². The van der Waals surface area contributed by atoms with Crippen LogP contribution in [0.3, 0.4) is 0 Å². The van der Waals surface area contributed by atoms with E-state index in [0.717, 1.165) is 33.6 Å². The van der Waals surface area contributed by atoms with Crippen LogP contribution < -0.4 is 0 Å². The predicted molar refractivity (Wildman–Crippen MR) is 187 cm³/mol. The normalized spacial score (nSPS) is 12.8. The van der Waals surface area contributed by atoms with E-state index in [9.17, 15) is 0 Å². The number of hydrogen-bond acceptors (Lipinski definition) is 2. The average molecular weight is 577 g/mol. The molecule has 8 rings (SSSR count). The van der Waals surface area contributed by atoms with Crippen molar-refractivity contribution < 1.29 is 0 Å². The summed E-state index contributed by atoms with van der Waals surface area (Å²) in [5, 5.41) is 0. The second-order valence-corrected chi connectivity index (χ2v) is 12.3. The van der Waals surface area contributed by atoms with Gasteiger partial charge in [0.1, 0.15) is 0 Å². The minimum absolute atomic E-state index is 0.0473. The van der Waals surface area contributed by atoms with Gasteiger partial charge in [-0.15, -0.1) is 0 Å². The molecule has 214 valence electrons. The van der Waals surface area contributed by atoms with Crippen LogP contribution in [-0.4, -0.2) is 9.97 Å². The Morgan fingerprint density at radius 3 is 1.49 bits per heavy atom. The standard InChI is InChI=1S/C43H32N2/c1-43(2)38-23-12-11-22-36(38)37-25-24-32(27-39(37)43)35-21-10-9-20-34(35)31-18-13-19-33(26-31)42-44-40(29-14-5-3-6-15-29)28-41(45-42)30-16-7-4-8-17-30/h3-28H,1-2H3. The molecule has 0 radical (unpaired) electrons. The molecule has 0 atom stereocenters. The van der Waals surface area contributed by atoms with E-state index in [1.165, 1.54) is 38.9 Å². The van der Waals surface area contributed by atoms with Crippen LogP contribution in [0.1, 0.15) is 25.0 Å². The van der Waals surface area contributed by atoms with Crippen LogP contribution in [0.25, 0.3) is 67.3 Å². The van der Waals surface area contributed by atoms with Crippen LogP contribution in [0.2, 0.25) is 0 Å². The molecule has 0 amide bonds. The highest BCUT2D eigenvalue weighted by atomic mass is 14.9. The van der Waals surface area contributed by atoms with Gasteiger partial charge in [-0.2, -0.15) is 0 Å². The summed E-state index contributed by atoms with van der Waals surface area (Å²) in [6, 6.07) is 55.9. The van der Waals surface area contributed by atoms with Crippen molar-refractivity contribution in [2.45, 2.75) is 19.3 Å². The first-order valence-corrected chi connectivity index (χ1v) is 15.5. The minimum atomic E-state index is -0.0473. The molecule has 1 aliphatic carbocycles. The summed E-state index contributed by atoms with van der Waals surface area (Å²) in [7, 11) is 0. The van der Waals surface area contributed by atoms with Gasteiger partial charge in [0, 0.05) is 22.1 Å². The van der Waals surface area contributed by atoms with Gasteiger partial charge in [0.2, 0.25) is 0 Å². The maximum Gasteiger partial charge on any atom is 0.160 e. The second-order valence-electron chi connectivity index (χ2n) is 12.3. The third-order valence-electron chi connectivity index (χ3n) is 9.12. The van der Waals surface area contributed by atoms with Crippen molar-refractivity contribution in [1.82, 2.24) is 9.97 Å². The molecule has 0 unspecified atom stereocenters. The smallest absolute Gasteiger partial charge is 0.160 e. The van der Waals surface area contributed by atoms with Gasteiger partial charge in [-0.3, -0.25) is 0 Å². The van der Waals surface area contributed by atoms with E-state index < -0.39 is 0 Å². The molecule has 0 fully saturated rings. The molecule has 2 nitrogen and oxygen atoms in total. The molecule has 0 saturated heterocycles. The summed E-state index contributed by atoms with van der Waals surface area (Å²) in [6.45, 7) is 4.67. The lowest BCUT2D eigenvalue weighted by Gasteiger charge is -2.22. The van der Waals surface area contributed by atoms with Crippen LogP contribution in [0.4, 0.5) is 0 Å². The number of hydrogen-bond donors (Lipinski definition) is 0. The summed E-state index contributed by atoms with van der Waals surface area (Å²) >= 11 is 0. The molecular formula is C43H32N2. The first-order chi connectivity index (χ1) is 22.1. The minimum Gasteiger partial charge on any atom is -0.228 e. The Balaban J connectivity index is 1.23. The number of benzene rings is 6. The van der Waals surface area contributed by atoms with Crippen LogP contribution in [0.5, 0.6) is 0 Å². The maximum atomic E-state index is 5.08. The molecule has 0 spiro atoms. The van der Waals surface area contributed by atoms with E-state index in [1.54, 1.807) is 0 Å². The topological polar surface area (TPSA) is 25.8 Å². The third kappa shape index (κ3) is 4.76. The van der Waals surface area contributed by atoms with Crippen LogP contribution >= 0.6 is 0 Å². The third-order valence-corrected chi connectivity index (χ3v) is 9.12. The molecule has 7 aromatic rings. The SMILES string of the molecule is CC1(C)c2ccccc2-c2ccc(-c3ccccc3-c3cccc(-c4nc(-c5ccccc5)cc(-c5ccccc5)n4)c3)cc21. The lowest BCUT2D eigenvalue weighted by molar-refractivity contribution is 0.660. The fraction of sp³-hybridized carbons (Fsp3) is 0.0698.